The quantitative estimate of drug-likeness (QED) is 0.456. The molecule has 7 heteroatoms. The molecule has 1 unspecified atom stereocenters. The smallest absolute Gasteiger partial charge is 0.189 e. The van der Waals surface area contributed by atoms with E-state index >= 15 is 0 Å². The lowest BCUT2D eigenvalue weighted by Gasteiger charge is -2.27. The van der Waals surface area contributed by atoms with Crippen LogP contribution in [0, 0.1) is 0 Å². The third-order valence-corrected chi connectivity index (χ3v) is 3.14. The van der Waals surface area contributed by atoms with Gasteiger partial charge in [0.1, 0.15) is 18.3 Å². The maximum Gasteiger partial charge on any atom is 0.189 e. The average molecular weight is 250 g/mol. The van der Waals surface area contributed by atoms with Gasteiger partial charge in [-0.3, -0.25) is 0 Å². The first kappa shape index (κ1) is 13.2. The second-order valence-corrected chi connectivity index (χ2v) is 4.86. The van der Waals surface area contributed by atoms with Gasteiger partial charge < -0.3 is 34.6 Å². The van der Waals surface area contributed by atoms with Crippen molar-refractivity contribution in [1.29, 1.82) is 0 Å². The van der Waals surface area contributed by atoms with Gasteiger partial charge in [-0.1, -0.05) is 0 Å². The second kappa shape index (κ2) is 4.13. The van der Waals surface area contributed by atoms with E-state index in [1.807, 2.05) is 0 Å². The summed E-state index contributed by atoms with van der Waals surface area (Å²) in [6.07, 6.45) is -4.39. The summed E-state index contributed by atoms with van der Waals surface area (Å²) in [5.41, 5.74) is -1.41. The van der Waals surface area contributed by atoms with Crippen molar-refractivity contribution in [2.24, 2.45) is 0 Å². The van der Waals surface area contributed by atoms with Crippen molar-refractivity contribution in [1.82, 2.24) is 0 Å². The van der Waals surface area contributed by atoms with Crippen molar-refractivity contribution >= 4 is 0 Å². The molecular weight excluding hydrogens is 232 g/mol. The first-order valence-electron chi connectivity index (χ1n) is 5.47. The summed E-state index contributed by atoms with van der Waals surface area (Å²) in [5, 5.41) is 37.7. The summed E-state index contributed by atoms with van der Waals surface area (Å²) in [7, 11) is 0. The van der Waals surface area contributed by atoms with Gasteiger partial charge in [-0.2, -0.15) is 0 Å². The van der Waals surface area contributed by atoms with Crippen molar-refractivity contribution in [3.63, 3.8) is 0 Å². The van der Waals surface area contributed by atoms with E-state index in [1.165, 1.54) is 0 Å². The second-order valence-electron chi connectivity index (χ2n) is 4.86. The highest BCUT2D eigenvalue weighted by atomic mass is 16.8. The minimum atomic E-state index is -1.41. The summed E-state index contributed by atoms with van der Waals surface area (Å²) in [6, 6.07) is 0. The molecule has 2 aliphatic rings. The van der Waals surface area contributed by atoms with Gasteiger partial charge in [0.2, 0.25) is 0 Å². The topological polar surface area (TPSA) is 109 Å². The molecule has 2 saturated heterocycles. The van der Waals surface area contributed by atoms with Gasteiger partial charge in [-0.25, -0.2) is 0 Å². The van der Waals surface area contributed by atoms with E-state index < -0.39 is 49.2 Å². The molecule has 2 rings (SSSR count). The van der Waals surface area contributed by atoms with Crippen LogP contribution < -0.4 is 0 Å². The van der Waals surface area contributed by atoms with Crippen LogP contribution in [0.25, 0.3) is 0 Å². The Balaban J connectivity index is 2.29. The molecule has 17 heavy (non-hydrogen) atoms. The Morgan fingerprint density at radius 3 is 2.47 bits per heavy atom. The van der Waals surface area contributed by atoms with Crippen LogP contribution in [0.3, 0.4) is 0 Å². The van der Waals surface area contributed by atoms with Gasteiger partial charge in [-0.05, 0) is 13.8 Å². The minimum absolute atomic E-state index is 0.503. The van der Waals surface area contributed by atoms with E-state index in [9.17, 15) is 15.3 Å². The SMILES string of the molecule is CC1(C)O[C@H]2[C@@H]([C@H](O)CO)OC(O)[C@@]2(CO)O1. The number of hydrogen-bond donors (Lipinski definition) is 4. The number of ether oxygens (including phenoxy) is 3. The van der Waals surface area contributed by atoms with Gasteiger partial charge in [0.25, 0.3) is 0 Å². The van der Waals surface area contributed by atoms with Crippen LogP contribution in [0.15, 0.2) is 0 Å². The summed E-state index contributed by atoms with van der Waals surface area (Å²) < 4.78 is 16.1. The number of rotatable bonds is 3. The van der Waals surface area contributed by atoms with Gasteiger partial charge in [0.05, 0.1) is 13.2 Å². The molecule has 0 saturated carbocycles. The Morgan fingerprint density at radius 1 is 1.29 bits per heavy atom. The van der Waals surface area contributed by atoms with E-state index in [0.717, 1.165) is 0 Å². The van der Waals surface area contributed by atoms with Crippen LogP contribution in [0.5, 0.6) is 0 Å². The molecule has 4 N–H and O–H groups in total. The van der Waals surface area contributed by atoms with Gasteiger partial charge in [0.15, 0.2) is 17.7 Å². The van der Waals surface area contributed by atoms with Crippen LogP contribution in [0.4, 0.5) is 0 Å². The molecule has 0 spiro atoms. The molecule has 5 atom stereocenters. The van der Waals surface area contributed by atoms with E-state index in [-0.39, 0.29) is 0 Å². The number of fused-ring (bicyclic) bond motifs is 1. The average Bonchev–Trinajstić information content (AvgIpc) is 2.69. The highest BCUT2D eigenvalue weighted by Gasteiger charge is 2.66. The van der Waals surface area contributed by atoms with E-state index in [4.69, 9.17) is 19.3 Å². The molecule has 7 nitrogen and oxygen atoms in total. The zero-order valence-corrected chi connectivity index (χ0v) is 9.74. The Kier molecular flexibility index (Phi) is 3.20. The standard InChI is InChI=1S/C10H18O7/c1-9(2)16-7-6(5(13)3-11)15-8(14)10(7,4-12)17-9/h5-8,11-14H,3-4H2,1-2H3/t5-,6-,7+,8?,10+/m1/s1. The van der Waals surface area contributed by atoms with Gasteiger partial charge in [0, 0.05) is 0 Å². The van der Waals surface area contributed by atoms with Crippen LogP contribution in [0.1, 0.15) is 13.8 Å². The molecule has 0 aliphatic carbocycles. The number of hydrogen-bond acceptors (Lipinski definition) is 7. The number of aliphatic hydroxyl groups is 4. The monoisotopic (exact) mass is 250 g/mol. The van der Waals surface area contributed by atoms with E-state index in [0.29, 0.717) is 0 Å². The Bertz CT molecular complexity index is 294. The zero-order valence-electron chi connectivity index (χ0n) is 9.74. The molecular formula is C10H18O7. The largest absolute Gasteiger partial charge is 0.394 e. The van der Waals surface area contributed by atoms with Crippen molar-refractivity contribution in [2.45, 2.75) is 49.8 Å². The molecule has 2 fully saturated rings. The molecule has 2 aliphatic heterocycles. The third kappa shape index (κ3) is 1.88. The van der Waals surface area contributed by atoms with Crippen molar-refractivity contribution in [3.8, 4) is 0 Å². The maximum absolute atomic E-state index is 9.82. The van der Waals surface area contributed by atoms with Crippen molar-refractivity contribution < 1.29 is 34.6 Å². The summed E-state index contributed by atoms with van der Waals surface area (Å²) >= 11 is 0. The lowest BCUT2D eigenvalue weighted by atomic mass is 9.94. The highest BCUT2D eigenvalue weighted by Crippen LogP contribution is 2.46. The molecule has 2 heterocycles. The van der Waals surface area contributed by atoms with E-state index in [1.54, 1.807) is 13.8 Å². The fraction of sp³-hybridized carbons (Fsp3) is 1.00. The Morgan fingerprint density at radius 2 is 1.94 bits per heavy atom. The minimum Gasteiger partial charge on any atom is -0.394 e. The fourth-order valence-corrected chi connectivity index (χ4v) is 2.41. The Labute approximate surface area is 98.5 Å². The van der Waals surface area contributed by atoms with Crippen LogP contribution in [0.2, 0.25) is 0 Å². The molecule has 0 bridgehead atoms. The molecule has 0 aromatic rings. The lowest BCUT2D eigenvalue weighted by Crippen LogP contribution is -2.51. The Hall–Kier alpha value is -0.280. The van der Waals surface area contributed by atoms with Crippen LogP contribution in [-0.2, 0) is 14.2 Å². The highest BCUT2D eigenvalue weighted by molar-refractivity contribution is 5.08. The van der Waals surface area contributed by atoms with Crippen molar-refractivity contribution in [3.05, 3.63) is 0 Å². The molecule has 0 aromatic heterocycles. The van der Waals surface area contributed by atoms with Gasteiger partial charge in [-0.15, -0.1) is 0 Å². The first-order valence-corrected chi connectivity index (χ1v) is 5.47. The first-order chi connectivity index (χ1) is 7.86. The van der Waals surface area contributed by atoms with Crippen LogP contribution in [-0.4, -0.2) is 69.6 Å². The zero-order chi connectivity index (χ0) is 12.8. The molecule has 0 amide bonds. The van der Waals surface area contributed by atoms with Crippen molar-refractivity contribution in [2.75, 3.05) is 13.2 Å². The summed E-state index contributed by atoms with van der Waals surface area (Å²) in [5.74, 6) is -0.994. The summed E-state index contributed by atoms with van der Waals surface area (Å²) in [6.45, 7) is 2.24. The normalized spacial score (nSPS) is 45.9. The lowest BCUT2D eigenvalue weighted by molar-refractivity contribution is -0.259. The predicted octanol–water partition coefficient (Wildman–Crippen LogP) is -2.06. The van der Waals surface area contributed by atoms with E-state index in [2.05, 4.69) is 0 Å². The maximum atomic E-state index is 9.82. The molecule has 0 radical (unpaired) electrons. The molecule has 0 aromatic carbocycles. The molecule has 100 valence electrons. The van der Waals surface area contributed by atoms with Crippen LogP contribution >= 0.6 is 0 Å². The number of aliphatic hydroxyl groups excluding tert-OH is 4. The predicted molar refractivity (Wildman–Crippen MR) is 53.8 cm³/mol. The van der Waals surface area contributed by atoms with Gasteiger partial charge >= 0.3 is 0 Å². The summed E-state index contributed by atoms with van der Waals surface area (Å²) in [4.78, 5) is 0. The fourth-order valence-electron chi connectivity index (χ4n) is 2.41. The third-order valence-electron chi connectivity index (χ3n) is 3.14.